The van der Waals surface area contributed by atoms with Crippen LogP contribution < -0.4 is 0 Å². The molecule has 0 saturated carbocycles. The van der Waals surface area contributed by atoms with Gasteiger partial charge in [0.1, 0.15) is 11.6 Å². The zero-order valence-corrected chi connectivity index (χ0v) is 9.80. The SMILES string of the molecule is CCOC(=O)C(Cl)=NCc1cc(F)cc(F)c1. The van der Waals surface area contributed by atoms with E-state index in [1.54, 1.807) is 6.92 Å². The number of hydrogen-bond acceptors (Lipinski definition) is 3. The molecule has 0 radical (unpaired) electrons. The Morgan fingerprint density at radius 3 is 2.47 bits per heavy atom. The highest BCUT2D eigenvalue weighted by atomic mass is 35.5. The molecule has 0 aromatic heterocycles. The van der Waals surface area contributed by atoms with Gasteiger partial charge in [-0.05, 0) is 24.6 Å². The Bertz CT molecular complexity index is 429. The van der Waals surface area contributed by atoms with Gasteiger partial charge in [0.15, 0.2) is 0 Å². The number of esters is 1. The number of carbonyl (C=O) groups is 1. The van der Waals surface area contributed by atoms with Crippen molar-refractivity contribution in [1.82, 2.24) is 0 Å². The summed E-state index contributed by atoms with van der Waals surface area (Å²) in [7, 11) is 0. The van der Waals surface area contributed by atoms with Gasteiger partial charge in [0.2, 0.25) is 5.17 Å². The van der Waals surface area contributed by atoms with Crippen molar-refractivity contribution in [1.29, 1.82) is 0 Å². The van der Waals surface area contributed by atoms with Gasteiger partial charge in [-0.1, -0.05) is 11.6 Å². The smallest absolute Gasteiger partial charge is 0.368 e. The van der Waals surface area contributed by atoms with Crippen molar-refractivity contribution < 1.29 is 18.3 Å². The third kappa shape index (κ3) is 4.48. The highest BCUT2D eigenvalue weighted by Gasteiger charge is 2.08. The van der Waals surface area contributed by atoms with E-state index in [0.29, 0.717) is 0 Å². The lowest BCUT2D eigenvalue weighted by Gasteiger charge is -2.00. The monoisotopic (exact) mass is 261 g/mol. The third-order valence-corrected chi connectivity index (χ3v) is 2.04. The van der Waals surface area contributed by atoms with E-state index in [9.17, 15) is 13.6 Å². The molecular formula is C11H10ClF2NO2. The molecule has 0 unspecified atom stereocenters. The highest BCUT2D eigenvalue weighted by Crippen LogP contribution is 2.09. The summed E-state index contributed by atoms with van der Waals surface area (Å²) in [4.78, 5) is 14.7. The van der Waals surface area contributed by atoms with E-state index in [0.717, 1.165) is 18.2 Å². The molecule has 0 amide bonds. The van der Waals surface area contributed by atoms with E-state index in [1.807, 2.05) is 0 Å². The van der Waals surface area contributed by atoms with Crippen LogP contribution in [0.25, 0.3) is 0 Å². The minimum atomic E-state index is -0.758. The van der Waals surface area contributed by atoms with E-state index in [2.05, 4.69) is 9.73 Å². The van der Waals surface area contributed by atoms with Gasteiger partial charge in [-0.25, -0.2) is 13.6 Å². The van der Waals surface area contributed by atoms with Crippen molar-refractivity contribution in [2.24, 2.45) is 4.99 Å². The average Bonchev–Trinajstić information content (AvgIpc) is 2.25. The Morgan fingerprint density at radius 2 is 1.94 bits per heavy atom. The van der Waals surface area contributed by atoms with Crippen LogP contribution in [0.1, 0.15) is 12.5 Å². The first kappa shape index (κ1) is 13.6. The largest absolute Gasteiger partial charge is 0.461 e. The maximum absolute atomic E-state index is 12.8. The number of ether oxygens (including phenoxy) is 1. The number of halogens is 3. The van der Waals surface area contributed by atoms with E-state index >= 15 is 0 Å². The maximum Gasteiger partial charge on any atom is 0.368 e. The summed E-state index contributed by atoms with van der Waals surface area (Å²) in [6.07, 6.45) is 0. The summed E-state index contributed by atoms with van der Waals surface area (Å²) < 4.78 is 30.2. The Hall–Kier alpha value is -1.49. The maximum atomic E-state index is 12.8. The molecule has 1 aromatic carbocycles. The Kier molecular flexibility index (Phi) is 5.03. The number of hydrogen-bond donors (Lipinski definition) is 0. The van der Waals surface area contributed by atoms with Gasteiger partial charge in [-0.2, -0.15) is 0 Å². The van der Waals surface area contributed by atoms with Crippen molar-refractivity contribution in [3.63, 3.8) is 0 Å². The molecule has 0 atom stereocenters. The molecule has 0 aliphatic rings. The van der Waals surface area contributed by atoms with Gasteiger partial charge < -0.3 is 4.74 Å². The first-order chi connectivity index (χ1) is 8.02. The molecule has 0 bridgehead atoms. The number of benzene rings is 1. The summed E-state index contributed by atoms with van der Waals surface area (Å²) >= 11 is 5.53. The predicted molar refractivity (Wildman–Crippen MR) is 60.0 cm³/mol. The molecule has 1 rings (SSSR count). The van der Waals surface area contributed by atoms with Crippen molar-refractivity contribution in [3.05, 3.63) is 35.4 Å². The summed E-state index contributed by atoms with van der Waals surface area (Å²) in [6, 6.07) is 2.98. The molecule has 92 valence electrons. The normalized spacial score (nSPS) is 11.4. The van der Waals surface area contributed by atoms with E-state index in [1.165, 1.54) is 0 Å². The van der Waals surface area contributed by atoms with Gasteiger partial charge in [0.05, 0.1) is 13.2 Å². The van der Waals surface area contributed by atoms with Gasteiger partial charge in [-0.15, -0.1) is 0 Å². The fraction of sp³-hybridized carbons (Fsp3) is 0.273. The van der Waals surface area contributed by atoms with Crippen LogP contribution in [0.2, 0.25) is 0 Å². The molecule has 0 saturated heterocycles. The van der Waals surface area contributed by atoms with Crippen LogP contribution >= 0.6 is 11.6 Å². The Morgan fingerprint density at radius 1 is 1.35 bits per heavy atom. The number of carbonyl (C=O) groups excluding carboxylic acids is 1. The van der Waals surface area contributed by atoms with Gasteiger partial charge in [0, 0.05) is 6.07 Å². The molecule has 0 heterocycles. The molecule has 0 fully saturated rings. The highest BCUT2D eigenvalue weighted by molar-refractivity contribution is 6.82. The zero-order chi connectivity index (χ0) is 12.8. The first-order valence-corrected chi connectivity index (χ1v) is 5.22. The molecule has 0 aliphatic heterocycles. The second kappa shape index (κ2) is 6.30. The molecular weight excluding hydrogens is 252 g/mol. The summed E-state index contributed by atoms with van der Waals surface area (Å²) in [5.41, 5.74) is 0.282. The van der Waals surface area contributed by atoms with Gasteiger partial charge in [-0.3, -0.25) is 4.99 Å². The Balaban J connectivity index is 2.71. The summed E-state index contributed by atoms with van der Waals surface area (Å²) in [5.74, 6) is -2.17. The van der Waals surface area contributed by atoms with E-state index in [4.69, 9.17) is 11.6 Å². The summed E-state index contributed by atoms with van der Waals surface area (Å²) in [5, 5.41) is -0.350. The average molecular weight is 262 g/mol. The van der Waals surface area contributed by atoms with Crippen LogP contribution in [0.5, 0.6) is 0 Å². The quantitative estimate of drug-likeness (QED) is 0.617. The van der Waals surface area contributed by atoms with Crippen LogP contribution in [-0.2, 0) is 16.1 Å². The van der Waals surface area contributed by atoms with Gasteiger partial charge in [0.25, 0.3) is 0 Å². The lowest BCUT2D eigenvalue weighted by Crippen LogP contribution is -2.12. The fourth-order valence-electron chi connectivity index (χ4n) is 1.12. The van der Waals surface area contributed by atoms with Gasteiger partial charge >= 0.3 is 5.97 Å². The number of rotatable bonds is 4. The van der Waals surface area contributed by atoms with Crippen molar-refractivity contribution in [2.45, 2.75) is 13.5 Å². The zero-order valence-electron chi connectivity index (χ0n) is 9.04. The third-order valence-electron chi connectivity index (χ3n) is 1.77. The van der Waals surface area contributed by atoms with Crippen molar-refractivity contribution in [3.8, 4) is 0 Å². The van der Waals surface area contributed by atoms with E-state index < -0.39 is 17.6 Å². The van der Waals surface area contributed by atoms with Crippen LogP contribution in [0.3, 0.4) is 0 Å². The van der Waals surface area contributed by atoms with Crippen LogP contribution in [0, 0.1) is 11.6 Å². The lowest BCUT2D eigenvalue weighted by molar-refractivity contribution is -0.134. The number of aliphatic imine (C=N–C) groups is 1. The second-order valence-corrected chi connectivity index (χ2v) is 3.46. The standard InChI is InChI=1S/C11H10ClF2NO2/c1-2-17-11(16)10(12)15-6-7-3-8(13)5-9(14)4-7/h3-5H,2,6H2,1H3. The molecule has 0 N–H and O–H groups in total. The first-order valence-electron chi connectivity index (χ1n) is 4.85. The minimum Gasteiger partial charge on any atom is -0.461 e. The second-order valence-electron chi connectivity index (χ2n) is 3.11. The number of nitrogens with zero attached hydrogens (tertiary/aromatic N) is 1. The Labute approximate surface area is 102 Å². The predicted octanol–water partition coefficient (Wildman–Crippen LogP) is 2.67. The molecule has 6 heteroatoms. The lowest BCUT2D eigenvalue weighted by atomic mass is 10.2. The molecule has 0 spiro atoms. The van der Waals surface area contributed by atoms with E-state index in [-0.39, 0.29) is 23.9 Å². The molecule has 17 heavy (non-hydrogen) atoms. The van der Waals surface area contributed by atoms with Crippen molar-refractivity contribution >= 4 is 22.7 Å². The fourth-order valence-corrected chi connectivity index (χ4v) is 1.23. The topological polar surface area (TPSA) is 38.7 Å². The minimum absolute atomic E-state index is 0.0909. The molecule has 0 aliphatic carbocycles. The van der Waals surface area contributed by atoms with Crippen molar-refractivity contribution in [2.75, 3.05) is 6.61 Å². The van der Waals surface area contributed by atoms with Crippen LogP contribution in [-0.4, -0.2) is 17.7 Å². The molecule has 3 nitrogen and oxygen atoms in total. The summed E-state index contributed by atoms with van der Waals surface area (Å²) in [6.45, 7) is 1.72. The van der Waals surface area contributed by atoms with Crippen LogP contribution in [0.15, 0.2) is 23.2 Å². The van der Waals surface area contributed by atoms with Crippen LogP contribution in [0.4, 0.5) is 8.78 Å². The molecule has 1 aromatic rings.